The Balaban J connectivity index is 1.62. The molecule has 0 saturated heterocycles. The van der Waals surface area contributed by atoms with E-state index in [1.165, 1.54) is 36.4 Å². The van der Waals surface area contributed by atoms with Crippen LogP contribution in [0.15, 0.2) is 60.7 Å². The van der Waals surface area contributed by atoms with E-state index in [0.29, 0.717) is 12.8 Å². The second-order valence-corrected chi connectivity index (χ2v) is 15.4. The molecule has 2 aliphatic rings. The van der Waals surface area contributed by atoms with E-state index in [1.807, 2.05) is 27.7 Å². The Labute approximate surface area is 345 Å². The molecule has 4 aromatic rings. The molecular weight excluding hydrogens is 783 g/mol. The largest absolute Gasteiger partial charge is 0.416 e. The summed E-state index contributed by atoms with van der Waals surface area (Å²) in [5, 5.41) is 0.0954. The van der Waals surface area contributed by atoms with Gasteiger partial charge < -0.3 is 0 Å². The fourth-order valence-electron chi connectivity index (χ4n) is 7.81. The summed E-state index contributed by atoms with van der Waals surface area (Å²) < 4.78 is 80.1. The van der Waals surface area contributed by atoms with Gasteiger partial charge in [-0.25, -0.2) is 0 Å². The first-order valence-corrected chi connectivity index (χ1v) is 20.3. The van der Waals surface area contributed by atoms with Crippen LogP contribution in [-0.2, 0) is 12.4 Å². The second kappa shape index (κ2) is 17.8. The quantitative estimate of drug-likeness (QED) is 0.0810. The maximum absolute atomic E-state index is 14.7. The van der Waals surface area contributed by atoms with Gasteiger partial charge in [0.15, 0.2) is 0 Å². The van der Waals surface area contributed by atoms with E-state index >= 15 is 0 Å². The summed E-state index contributed by atoms with van der Waals surface area (Å²) in [6.45, 7) is 8.13. The van der Waals surface area contributed by atoms with Gasteiger partial charge in [0.25, 0.3) is 23.6 Å². The van der Waals surface area contributed by atoms with Crippen LogP contribution in [0, 0.1) is 35.5 Å². The molecule has 0 saturated carbocycles. The van der Waals surface area contributed by atoms with Gasteiger partial charge in [0, 0.05) is 57.2 Å². The minimum Gasteiger partial charge on any atom is -0.274 e. The lowest BCUT2D eigenvalue weighted by atomic mass is 9.80. The van der Waals surface area contributed by atoms with Gasteiger partial charge in [-0.2, -0.15) is 26.3 Å². The van der Waals surface area contributed by atoms with Crippen LogP contribution in [0.4, 0.5) is 26.3 Å². The Bertz CT molecular complexity index is 2290. The Morgan fingerprint density at radius 2 is 0.867 bits per heavy atom. The number of carbonyl (C=O) groups excluding carboxylic acids is 4. The Morgan fingerprint density at radius 3 is 1.17 bits per heavy atom. The fourth-order valence-corrected chi connectivity index (χ4v) is 7.81. The molecule has 4 aromatic carbocycles. The lowest BCUT2D eigenvalue weighted by molar-refractivity contribution is -0.138. The van der Waals surface area contributed by atoms with E-state index < -0.39 is 47.1 Å². The molecule has 6 rings (SSSR count). The number of amides is 4. The van der Waals surface area contributed by atoms with Crippen molar-refractivity contribution in [2.45, 2.75) is 91.4 Å². The highest BCUT2D eigenvalue weighted by Gasteiger charge is 2.43. The number of hydrogen-bond donors (Lipinski definition) is 0. The minimum atomic E-state index is -4.57. The molecule has 2 aliphatic heterocycles. The average molecular weight is 827 g/mol. The van der Waals surface area contributed by atoms with Gasteiger partial charge in [-0.3, -0.25) is 29.0 Å². The van der Waals surface area contributed by atoms with Crippen LogP contribution in [0.3, 0.4) is 0 Å². The molecule has 2 atom stereocenters. The van der Waals surface area contributed by atoms with Crippen LogP contribution < -0.4 is 0 Å². The Kier molecular flexibility index (Phi) is 12.9. The normalized spacial score (nSPS) is 14.8. The summed E-state index contributed by atoms with van der Waals surface area (Å²) in [7, 11) is 0. The highest BCUT2D eigenvalue weighted by molar-refractivity contribution is 6.34. The van der Waals surface area contributed by atoms with E-state index in [1.54, 1.807) is 0 Å². The van der Waals surface area contributed by atoms with Gasteiger partial charge in [0.05, 0.1) is 22.3 Å². The van der Waals surface area contributed by atoms with Gasteiger partial charge in [0.1, 0.15) is 0 Å². The summed E-state index contributed by atoms with van der Waals surface area (Å²) in [6.07, 6.45) is -2.82. The predicted molar refractivity (Wildman–Crippen MR) is 216 cm³/mol. The molecule has 0 bridgehead atoms. The smallest absolute Gasteiger partial charge is 0.274 e. The molecule has 12 heteroatoms. The monoisotopic (exact) mass is 826 g/mol. The summed E-state index contributed by atoms with van der Waals surface area (Å²) in [5.41, 5.74) is -1.30. The summed E-state index contributed by atoms with van der Waals surface area (Å²) >= 11 is 0. The number of hydrogen-bond acceptors (Lipinski definition) is 4. The number of nitrogens with zero attached hydrogens (tertiary/aromatic N) is 2. The molecule has 0 aromatic heterocycles. The third-order valence-corrected chi connectivity index (χ3v) is 11.3. The van der Waals surface area contributed by atoms with Crippen molar-refractivity contribution in [1.29, 1.82) is 0 Å². The first-order chi connectivity index (χ1) is 28.5. The molecule has 0 aliphatic carbocycles. The van der Waals surface area contributed by atoms with E-state index in [-0.39, 0.29) is 80.2 Å². The van der Waals surface area contributed by atoms with E-state index in [9.17, 15) is 45.5 Å². The minimum absolute atomic E-state index is 0.00623. The SMILES string of the molecule is CCCCC(CC)CN1C(=O)c2cc(C#Cc3ccc(C(F)(F)F)cc3)c3c4c(cc(C#Cc5ccc(C(F)(F)F)cc5)c(c24)C1=O)C(=O)N(CC(CC)CCCC)C3=O. The molecule has 4 amide bonds. The third kappa shape index (κ3) is 8.84. The number of halogens is 6. The molecular formula is C48H44F6N2O4. The summed E-state index contributed by atoms with van der Waals surface area (Å²) in [5.74, 6) is 8.71. The lowest BCUT2D eigenvalue weighted by Gasteiger charge is -2.35. The first kappa shape index (κ1) is 43.7. The van der Waals surface area contributed by atoms with Crippen LogP contribution >= 0.6 is 0 Å². The maximum Gasteiger partial charge on any atom is 0.416 e. The van der Waals surface area contributed by atoms with Crippen LogP contribution in [0.2, 0.25) is 0 Å². The number of benzene rings is 4. The average Bonchev–Trinajstić information content (AvgIpc) is 3.22. The molecule has 0 radical (unpaired) electrons. The molecule has 2 unspecified atom stereocenters. The van der Waals surface area contributed by atoms with Crippen molar-refractivity contribution < 1.29 is 45.5 Å². The number of unbranched alkanes of at least 4 members (excludes halogenated alkanes) is 2. The molecule has 6 nitrogen and oxygen atoms in total. The molecule has 60 heavy (non-hydrogen) atoms. The van der Waals surface area contributed by atoms with Crippen LogP contribution in [0.1, 0.15) is 154 Å². The predicted octanol–water partition coefficient (Wildman–Crippen LogP) is 11.3. The number of rotatable bonds is 12. The Morgan fingerprint density at radius 1 is 0.517 bits per heavy atom. The zero-order valence-electron chi connectivity index (χ0n) is 33.8. The summed E-state index contributed by atoms with van der Waals surface area (Å²) in [6, 6.07) is 11.1. The zero-order valence-corrected chi connectivity index (χ0v) is 33.8. The summed E-state index contributed by atoms with van der Waals surface area (Å²) in [4.78, 5) is 60.8. The zero-order chi connectivity index (χ0) is 43.5. The molecule has 0 fully saturated rings. The van der Waals surface area contributed by atoms with Gasteiger partial charge in [-0.05, 0) is 85.3 Å². The Hall–Kier alpha value is -5.88. The molecule has 312 valence electrons. The van der Waals surface area contributed by atoms with Crippen molar-refractivity contribution >= 4 is 34.4 Å². The van der Waals surface area contributed by atoms with E-state index in [4.69, 9.17) is 0 Å². The standard InChI is InChI=1S/C48H44F6N2O4/c1-5-9-11-29(7-3)27-55-43(57)37-25-34(20-14-32-17-23-36(24-18-32)48(52,53)54)40-42-38(44(58)56(46(40)60)28-30(8-4)12-10-6-2)26-33(39(41(37)42)45(55)59)19-13-31-15-21-35(22-16-31)47(49,50)51/h15-18,21-26,29-30H,5-12,27-28H2,1-4H3. The fraction of sp³-hybridized carbons (Fsp3) is 0.375. The first-order valence-electron chi connectivity index (χ1n) is 20.3. The molecule has 0 spiro atoms. The highest BCUT2D eigenvalue weighted by atomic mass is 19.4. The van der Waals surface area contributed by atoms with Crippen molar-refractivity contribution in [3.8, 4) is 23.7 Å². The van der Waals surface area contributed by atoms with Gasteiger partial charge >= 0.3 is 12.4 Å². The van der Waals surface area contributed by atoms with E-state index in [2.05, 4.69) is 23.7 Å². The van der Waals surface area contributed by atoms with Crippen molar-refractivity contribution in [1.82, 2.24) is 9.80 Å². The van der Waals surface area contributed by atoms with Crippen molar-refractivity contribution in [2.24, 2.45) is 11.8 Å². The number of alkyl halides is 6. The topological polar surface area (TPSA) is 74.8 Å². The number of carbonyl (C=O) groups is 4. The van der Waals surface area contributed by atoms with Gasteiger partial charge in [-0.1, -0.05) is 89.9 Å². The third-order valence-electron chi connectivity index (χ3n) is 11.3. The van der Waals surface area contributed by atoms with Crippen LogP contribution in [0.5, 0.6) is 0 Å². The van der Waals surface area contributed by atoms with Gasteiger partial charge in [-0.15, -0.1) is 0 Å². The van der Waals surface area contributed by atoms with Gasteiger partial charge in [0.2, 0.25) is 0 Å². The highest BCUT2D eigenvalue weighted by Crippen LogP contribution is 2.42. The molecule has 0 N–H and O–H groups in total. The van der Waals surface area contributed by atoms with Crippen molar-refractivity contribution in [3.05, 3.63) is 116 Å². The number of imide groups is 2. The van der Waals surface area contributed by atoms with Crippen molar-refractivity contribution in [2.75, 3.05) is 13.1 Å². The lowest BCUT2D eigenvalue weighted by Crippen LogP contribution is -2.46. The van der Waals surface area contributed by atoms with Crippen LogP contribution in [-0.4, -0.2) is 46.5 Å². The van der Waals surface area contributed by atoms with E-state index in [0.717, 1.165) is 72.6 Å². The van der Waals surface area contributed by atoms with Crippen molar-refractivity contribution in [3.63, 3.8) is 0 Å². The maximum atomic E-state index is 14.7. The second-order valence-electron chi connectivity index (χ2n) is 15.4. The van der Waals surface area contributed by atoms with Crippen LogP contribution in [0.25, 0.3) is 10.8 Å². The molecule has 2 heterocycles.